The lowest BCUT2D eigenvalue weighted by Gasteiger charge is -2.11. The third kappa shape index (κ3) is 2.98. The standard InChI is InChI=1S/C13H21N5/c1-4-17-10-12(8-16-17)7-14-9-13-5-6-15-18(13)11(2)3/h5-6,8,10-11,14H,4,7,9H2,1-3H3. The molecule has 5 heteroatoms. The molecule has 0 aliphatic rings. The fourth-order valence-corrected chi connectivity index (χ4v) is 1.95. The van der Waals surface area contributed by atoms with E-state index in [-0.39, 0.29) is 0 Å². The van der Waals surface area contributed by atoms with E-state index < -0.39 is 0 Å². The van der Waals surface area contributed by atoms with E-state index in [1.807, 2.05) is 21.8 Å². The van der Waals surface area contributed by atoms with Crippen LogP contribution < -0.4 is 5.32 Å². The quantitative estimate of drug-likeness (QED) is 0.849. The summed E-state index contributed by atoms with van der Waals surface area (Å²) in [4.78, 5) is 0. The van der Waals surface area contributed by atoms with Crippen LogP contribution in [0.25, 0.3) is 0 Å². The van der Waals surface area contributed by atoms with Crippen molar-refractivity contribution in [1.29, 1.82) is 0 Å². The van der Waals surface area contributed by atoms with Crippen LogP contribution in [0.4, 0.5) is 0 Å². The highest BCUT2D eigenvalue weighted by atomic mass is 15.3. The van der Waals surface area contributed by atoms with Crippen LogP contribution in [0.15, 0.2) is 24.7 Å². The average Bonchev–Trinajstić information content (AvgIpc) is 2.97. The van der Waals surface area contributed by atoms with Gasteiger partial charge in [-0.25, -0.2) is 0 Å². The molecule has 0 saturated carbocycles. The van der Waals surface area contributed by atoms with Gasteiger partial charge < -0.3 is 5.32 Å². The zero-order valence-electron chi connectivity index (χ0n) is 11.3. The van der Waals surface area contributed by atoms with Crippen molar-refractivity contribution in [3.63, 3.8) is 0 Å². The van der Waals surface area contributed by atoms with Crippen molar-refractivity contribution in [1.82, 2.24) is 24.9 Å². The van der Waals surface area contributed by atoms with Crippen LogP contribution in [-0.2, 0) is 19.6 Å². The highest BCUT2D eigenvalue weighted by Gasteiger charge is 2.05. The number of hydrogen-bond acceptors (Lipinski definition) is 3. The second-order valence-corrected chi connectivity index (χ2v) is 4.67. The summed E-state index contributed by atoms with van der Waals surface area (Å²) < 4.78 is 3.98. The van der Waals surface area contributed by atoms with Crippen molar-refractivity contribution >= 4 is 0 Å². The second kappa shape index (κ2) is 5.82. The van der Waals surface area contributed by atoms with E-state index >= 15 is 0 Å². The van der Waals surface area contributed by atoms with E-state index in [9.17, 15) is 0 Å². The molecule has 0 aliphatic carbocycles. The molecular weight excluding hydrogens is 226 g/mol. The predicted molar refractivity (Wildman–Crippen MR) is 71.1 cm³/mol. The molecule has 5 nitrogen and oxygen atoms in total. The lowest BCUT2D eigenvalue weighted by atomic mass is 10.3. The average molecular weight is 247 g/mol. The second-order valence-electron chi connectivity index (χ2n) is 4.67. The summed E-state index contributed by atoms with van der Waals surface area (Å²) >= 11 is 0. The van der Waals surface area contributed by atoms with Gasteiger partial charge in [-0.05, 0) is 26.8 Å². The van der Waals surface area contributed by atoms with Gasteiger partial charge in [0.15, 0.2) is 0 Å². The van der Waals surface area contributed by atoms with E-state index in [0.29, 0.717) is 6.04 Å². The van der Waals surface area contributed by atoms with Gasteiger partial charge in [-0.3, -0.25) is 9.36 Å². The van der Waals surface area contributed by atoms with Crippen LogP contribution in [0.2, 0.25) is 0 Å². The van der Waals surface area contributed by atoms with Gasteiger partial charge in [-0.1, -0.05) is 0 Å². The van der Waals surface area contributed by atoms with Gasteiger partial charge in [-0.2, -0.15) is 10.2 Å². The monoisotopic (exact) mass is 247 g/mol. The number of aryl methyl sites for hydroxylation is 1. The first-order chi connectivity index (χ1) is 8.70. The normalized spacial score (nSPS) is 11.3. The minimum atomic E-state index is 0.402. The summed E-state index contributed by atoms with van der Waals surface area (Å²) in [6.45, 7) is 8.95. The topological polar surface area (TPSA) is 47.7 Å². The van der Waals surface area contributed by atoms with E-state index in [2.05, 4.69) is 48.5 Å². The highest BCUT2D eigenvalue weighted by molar-refractivity contribution is 5.05. The number of nitrogens with one attached hydrogen (secondary N) is 1. The molecule has 2 aromatic heterocycles. The number of aromatic nitrogens is 4. The van der Waals surface area contributed by atoms with Crippen molar-refractivity contribution in [3.8, 4) is 0 Å². The van der Waals surface area contributed by atoms with Gasteiger partial charge >= 0.3 is 0 Å². The fourth-order valence-electron chi connectivity index (χ4n) is 1.95. The van der Waals surface area contributed by atoms with Gasteiger partial charge in [0.25, 0.3) is 0 Å². The van der Waals surface area contributed by atoms with Crippen LogP contribution in [0.1, 0.15) is 38.1 Å². The molecule has 0 bridgehead atoms. The Kier molecular flexibility index (Phi) is 4.15. The molecule has 0 unspecified atom stereocenters. The lowest BCUT2D eigenvalue weighted by Crippen LogP contribution is -2.17. The first-order valence-electron chi connectivity index (χ1n) is 6.45. The first-order valence-corrected chi connectivity index (χ1v) is 6.45. The maximum atomic E-state index is 4.32. The van der Waals surface area contributed by atoms with Gasteiger partial charge in [0.1, 0.15) is 0 Å². The van der Waals surface area contributed by atoms with E-state index in [0.717, 1.165) is 19.6 Å². The summed E-state index contributed by atoms with van der Waals surface area (Å²) in [5.41, 5.74) is 2.43. The Morgan fingerprint density at radius 1 is 1.28 bits per heavy atom. The number of nitrogens with zero attached hydrogens (tertiary/aromatic N) is 4. The molecule has 2 heterocycles. The van der Waals surface area contributed by atoms with Crippen LogP contribution in [0.5, 0.6) is 0 Å². The van der Waals surface area contributed by atoms with Crippen molar-refractivity contribution in [2.24, 2.45) is 0 Å². The highest BCUT2D eigenvalue weighted by Crippen LogP contribution is 2.07. The maximum absolute atomic E-state index is 4.32. The number of hydrogen-bond donors (Lipinski definition) is 1. The Morgan fingerprint density at radius 2 is 2.11 bits per heavy atom. The lowest BCUT2D eigenvalue weighted by molar-refractivity contribution is 0.495. The molecular formula is C13H21N5. The fraction of sp³-hybridized carbons (Fsp3) is 0.538. The van der Waals surface area contributed by atoms with Crippen LogP contribution >= 0.6 is 0 Å². The Labute approximate surface area is 108 Å². The summed E-state index contributed by atoms with van der Waals surface area (Å²) in [7, 11) is 0. The number of rotatable bonds is 6. The van der Waals surface area contributed by atoms with E-state index in [4.69, 9.17) is 0 Å². The van der Waals surface area contributed by atoms with Gasteiger partial charge in [0, 0.05) is 43.6 Å². The predicted octanol–water partition coefficient (Wildman–Crippen LogP) is 1.97. The summed E-state index contributed by atoms with van der Waals surface area (Å²) in [6.07, 6.45) is 5.84. The molecule has 0 radical (unpaired) electrons. The minimum Gasteiger partial charge on any atom is -0.307 e. The Balaban J connectivity index is 1.86. The molecule has 0 saturated heterocycles. The van der Waals surface area contributed by atoms with Gasteiger partial charge in [0.05, 0.1) is 11.9 Å². The van der Waals surface area contributed by atoms with Crippen LogP contribution in [0.3, 0.4) is 0 Å². The largest absolute Gasteiger partial charge is 0.307 e. The van der Waals surface area contributed by atoms with E-state index in [1.54, 1.807) is 0 Å². The Morgan fingerprint density at radius 3 is 2.78 bits per heavy atom. The molecule has 2 aromatic rings. The minimum absolute atomic E-state index is 0.402. The van der Waals surface area contributed by atoms with E-state index in [1.165, 1.54) is 11.3 Å². The third-order valence-corrected chi connectivity index (χ3v) is 2.89. The summed E-state index contributed by atoms with van der Waals surface area (Å²) in [6, 6.07) is 2.46. The molecule has 0 fully saturated rings. The molecule has 98 valence electrons. The Hall–Kier alpha value is -1.62. The molecule has 0 aromatic carbocycles. The van der Waals surface area contributed by atoms with Crippen molar-refractivity contribution < 1.29 is 0 Å². The SMILES string of the molecule is CCn1cc(CNCc2ccnn2C(C)C)cn1. The maximum Gasteiger partial charge on any atom is 0.0534 e. The molecule has 0 spiro atoms. The molecule has 18 heavy (non-hydrogen) atoms. The summed E-state index contributed by atoms with van der Waals surface area (Å²) in [5.74, 6) is 0. The van der Waals surface area contributed by atoms with Crippen molar-refractivity contribution in [2.75, 3.05) is 0 Å². The Bertz CT molecular complexity index is 483. The first kappa shape index (κ1) is 12.8. The zero-order chi connectivity index (χ0) is 13.0. The molecule has 0 atom stereocenters. The van der Waals surface area contributed by atoms with Gasteiger partial charge in [0.2, 0.25) is 0 Å². The molecule has 0 aliphatic heterocycles. The summed E-state index contributed by atoms with van der Waals surface area (Å²) in [5, 5.41) is 12.0. The van der Waals surface area contributed by atoms with Crippen molar-refractivity contribution in [2.45, 2.75) is 46.4 Å². The molecule has 1 N–H and O–H groups in total. The molecule has 2 rings (SSSR count). The van der Waals surface area contributed by atoms with Crippen LogP contribution in [0, 0.1) is 0 Å². The third-order valence-electron chi connectivity index (χ3n) is 2.89. The smallest absolute Gasteiger partial charge is 0.0534 e. The zero-order valence-corrected chi connectivity index (χ0v) is 11.3. The van der Waals surface area contributed by atoms with Gasteiger partial charge in [-0.15, -0.1) is 0 Å². The van der Waals surface area contributed by atoms with Crippen molar-refractivity contribution in [3.05, 3.63) is 35.9 Å². The van der Waals surface area contributed by atoms with Crippen LogP contribution in [-0.4, -0.2) is 19.6 Å². The molecule has 0 amide bonds.